The van der Waals surface area contributed by atoms with E-state index in [2.05, 4.69) is 15.2 Å². The molecule has 5 rings (SSSR count). The Balaban J connectivity index is 1.39. The Bertz CT molecular complexity index is 838. The summed E-state index contributed by atoms with van der Waals surface area (Å²) < 4.78 is 0. The number of benzene rings is 1. The minimum absolute atomic E-state index is 0.0102. The van der Waals surface area contributed by atoms with E-state index < -0.39 is 0 Å². The minimum atomic E-state index is 0.0102. The average Bonchev–Trinajstić information content (AvgIpc) is 2.69. The van der Waals surface area contributed by atoms with Gasteiger partial charge in [0.25, 0.3) is 5.91 Å². The predicted molar refractivity (Wildman–Crippen MR) is 99.9 cm³/mol. The van der Waals surface area contributed by atoms with Gasteiger partial charge in [0.2, 0.25) is 0 Å². The van der Waals surface area contributed by atoms with Crippen LogP contribution in [0.1, 0.15) is 28.9 Å². The molecule has 1 N–H and O–H groups in total. The summed E-state index contributed by atoms with van der Waals surface area (Å²) in [7, 11) is 0. The molecule has 132 valence electrons. The minimum Gasteiger partial charge on any atom is -0.348 e. The number of nitrogens with zero attached hydrogens (tertiary/aromatic N) is 3. The standard InChI is InChI=1S/C20H20N4OS/c21-12-16-11-18(5-8-22-16)26-17-3-1-15(2-4-17)20(25)23-19-13-24-9-6-14(19)7-10-24/h1-5,8,11,14,19H,6-7,9-10,13H2,(H,23,25). The third kappa shape index (κ3) is 3.74. The number of aromatic nitrogens is 1. The maximum absolute atomic E-state index is 12.6. The molecule has 3 aliphatic rings. The Kier molecular flexibility index (Phi) is 4.91. The van der Waals surface area contributed by atoms with Crippen LogP contribution in [0.15, 0.2) is 52.4 Å². The second kappa shape index (κ2) is 7.48. The van der Waals surface area contributed by atoms with Gasteiger partial charge in [-0.15, -0.1) is 0 Å². The van der Waals surface area contributed by atoms with E-state index in [9.17, 15) is 4.79 Å². The van der Waals surface area contributed by atoms with Crippen molar-refractivity contribution in [3.63, 3.8) is 0 Å². The third-order valence-electron chi connectivity index (χ3n) is 5.17. The molecule has 4 heterocycles. The van der Waals surface area contributed by atoms with Crippen molar-refractivity contribution in [3.05, 3.63) is 53.9 Å². The molecule has 26 heavy (non-hydrogen) atoms. The molecule has 3 saturated heterocycles. The van der Waals surface area contributed by atoms with Crippen LogP contribution >= 0.6 is 11.8 Å². The molecule has 0 radical (unpaired) electrons. The SMILES string of the molecule is N#Cc1cc(Sc2ccc(C(=O)NC3CN4CCC3CC4)cc2)ccn1. The molecular formula is C20H20N4OS. The fraction of sp³-hybridized carbons (Fsp3) is 0.350. The first kappa shape index (κ1) is 17.1. The Morgan fingerprint density at radius 1 is 1.19 bits per heavy atom. The molecule has 0 spiro atoms. The van der Waals surface area contributed by atoms with Crippen molar-refractivity contribution in [2.75, 3.05) is 19.6 Å². The monoisotopic (exact) mass is 364 g/mol. The second-order valence-electron chi connectivity index (χ2n) is 6.83. The van der Waals surface area contributed by atoms with Crippen molar-refractivity contribution in [2.45, 2.75) is 28.7 Å². The van der Waals surface area contributed by atoms with E-state index in [1.54, 1.807) is 24.0 Å². The van der Waals surface area contributed by atoms with Crippen molar-refractivity contribution < 1.29 is 4.79 Å². The molecule has 1 atom stereocenters. The van der Waals surface area contributed by atoms with Gasteiger partial charge in [-0.25, -0.2) is 4.98 Å². The van der Waals surface area contributed by atoms with Crippen LogP contribution in [-0.4, -0.2) is 41.5 Å². The first-order valence-electron chi connectivity index (χ1n) is 8.88. The van der Waals surface area contributed by atoms with Gasteiger partial charge >= 0.3 is 0 Å². The number of carbonyl (C=O) groups is 1. The molecule has 6 heteroatoms. The molecule has 1 unspecified atom stereocenters. The van der Waals surface area contributed by atoms with Crippen LogP contribution in [0.3, 0.4) is 0 Å². The van der Waals surface area contributed by atoms with Crippen LogP contribution in [0.5, 0.6) is 0 Å². The Labute approximate surface area is 157 Å². The quantitative estimate of drug-likeness (QED) is 0.903. The summed E-state index contributed by atoms with van der Waals surface area (Å²) in [4.78, 5) is 21.0. The first-order chi connectivity index (χ1) is 12.7. The highest BCUT2D eigenvalue weighted by Crippen LogP contribution is 2.29. The smallest absolute Gasteiger partial charge is 0.251 e. The third-order valence-corrected chi connectivity index (χ3v) is 6.17. The topological polar surface area (TPSA) is 69.0 Å². The van der Waals surface area contributed by atoms with E-state index >= 15 is 0 Å². The number of rotatable bonds is 4. The number of piperidine rings is 3. The van der Waals surface area contributed by atoms with Crippen molar-refractivity contribution in [1.82, 2.24) is 15.2 Å². The Morgan fingerprint density at radius 3 is 2.62 bits per heavy atom. The molecule has 3 aliphatic heterocycles. The van der Waals surface area contributed by atoms with E-state index in [4.69, 9.17) is 5.26 Å². The molecular weight excluding hydrogens is 344 g/mol. The molecule has 5 nitrogen and oxygen atoms in total. The van der Waals surface area contributed by atoms with Gasteiger partial charge in [-0.1, -0.05) is 11.8 Å². The van der Waals surface area contributed by atoms with Crippen molar-refractivity contribution in [1.29, 1.82) is 5.26 Å². The van der Waals surface area contributed by atoms with Gasteiger partial charge in [0.15, 0.2) is 0 Å². The summed E-state index contributed by atoms with van der Waals surface area (Å²) in [5, 5.41) is 12.1. The largest absolute Gasteiger partial charge is 0.348 e. The van der Waals surface area contributed by atoms with E-state index in [1.807, 2.05) is 36.4 Å². The molecule has 0 aliphatic carbocycles. The number of carbonyl (C=O) groups excluding carboxylic acids is 1. The lowest BCUT2D eigenvalue weighted by Crippen LogP contribution is -2.57. The zero-order valence-corrected chi connectivity index (χ0v) is 15.2. The molecule has 2 bridgehead atoms. The Hall–Kier alpha value is -2.36. The molecule has 0 saturated carbocycles. The van der Waals surface area contributed by atoms with Crippen LogP contribution in [0, 0.1) is 17.2 Å². The van der Waals surface area contributed by atoms with Crippen molar-refractivity contribution in [2.24, 2.45) is 5.92 Å². The highest BCUT2D eigenvalue weighted by Gasteiger charge is 2.34. The van der Waals surface area contributed by atoms with Crippen molar-refractivity contribution in [3.8, 4) is 6.07 Å². The molecule has 3 fully saturated rings. The summed E-state index contributed by atoms with van der Waals surface area (Å²) in [6.45, 7) is 3.32. The van der Waals surface area contributed by atoms with Gasteiger partial charge in [0.05, 0.1) is 0 Å². The van der Waals surface area contributed by atoms with Crippen LogP contribution in [-0.2, 0) is 0 Å². The highest BCUT2D eigenvalue weighted by molar-refractivity contribution is 7.99. The van der Waals surface area contributed by atoms with E-state index in [0.717, 1.165) is 16.3 Å². The lowest BCUT2D eigenvalue weighted by Gasteiger charge is -2.44. The molecule has 1 amide bonds. The zero-order valence-electron chi connectivity index (χ0n) is 14.4. The van der Waals surface area contributed by atoms with E-state index in [0.29, 0.717) is 17.2 Å². The zero-order chi connectivity index (χ0) is 17.9. The van der Waals surface area contributed by atoms with Gasteiger partial charge in [0, 0.05) is 34.1 Å². The van der Waals surface area contributed by atoms with Gasteiger partial charge in [-0.05, 0) is 68.2 Å². The Morgan fingerprint density at radius 2 is 1.96 bits per heavy atom. The lowest BCUT2D eigenvalue weighted by molar-refractivity contribution is 0.0620. The van der Waals surface area contributed by atoms with Gasteiger partial charge < -0.3 is 10.2 Å². The lowest BCUT2D eigenvalue weighted by atomic mass is 9.84. The fourth-order valence-corrected chi connectivity index (χ4v) is 4.57. The molecule has 1 aromatic heterocycles. The van der Waals surface area contributed by atoms with Crippen LogP contribution in [0.2, 0.25) is 0 Å². The normalized spacial score (nSPS) is 24.0. The number of amides is 1. The van der Waals surface area contributed by atoms with E-state index in [-0.39, 0.29) is 11.9 Å². The number of pyridine rings is 1. The predicted octanol–water partition coefficient (Wildman–Crippen LogP) is 2.93. The summed E-state index contributed by atoms with van der Waals surface area (Å²) in [5.74, 6) is 0.635. The van der Waals surface area contributed by atoms with Gasteiger partial charge in [0.1, 0.15) is 11.8 Å². The number of hydrogen-bond acceptors (Lipinski definition) is 5. The number of nitriles is 1. The van der Waals surface area contributed by atoms with Crippen LogP contribution < -0.4 is 5.32 Å². The number of hydrogen-bond donors (Lipinski definition) is 1. The second-order valence-corrected chi connectivity index (χ2v) is 7.98. The van der Waals surface area contributed by atoms with E-state index in [1.165, 1.54) is 25.9 Å². The summed E-state index contributed by atoms with van der Waals surface area (Å²) in [6, 6.07) is 13.6. The summed E-state index contributed by atoms with van der Waals surface area (Å²) >= 11 is 1.55. The number of fused-ring (bicyclic) bond motifs is 3. The molecule has 2 aromatic rings. The van der Waals surface area contributed by atoms with Gasteiger partial charge in [-0.3, -0.25) is 4.79 Å². The van der Waals surface area contributed by atoms with Gasteiger partial charge in [-0.2, -0.15) is 5.26 Å². The highest BCUT2D eigenvalue weighted by atomic mass is 32.2. The van der Waals surface area contributed by atoms with Crippen molar-refractivity contribution >= 4 is 17.7 Å². The average molecular weight is 364 g/mol. The van der Waals surface area contributed by atoms with Crippen LogP contribution in [0.4, 0.5) is 0 Å². The maximum Gasteiger partial charge on any atom is 0.251 e. The summed E-state index contributed by atoms with van der Waals surface area (Å²) in [5.41, 5.74) is 1.10. The first-order valence-corrected chi connectivity index (χ1v) is 9.70. The summed E-state index contributed by atoms with van der Waals surface area (Å²) in [6.07, 6.45) is 4.02. The fourth-order valence-electron chi connectivity index (χ4n) is 3.73. The molecule has 1 aromatic carbocycles. The maximum atomic E-state index is 12.6. The van der Waals surface area contributed by atoms with Crippen LogP contribution in [0.25, 0.3) is 0 Å². The number of nitrogens with one attached hydrogen (secondary N) is 1.